The van der Waals surface area contributed by atoms with Crippen LogP contribution in [0.3, 0.4) is 0 Å². The first-order valence-electron chi connectivity index (χ1n) is 25.2. The van der Waals surface area contributed by atoms with Crippen LogP contribution < -0.4 is 16.4 Å². The first kappa shape index (κ1) is 43.4. The van der Waals surface area contributed by atoms with Crippen molar-refractivity contribution in [3.8, 4) is 16.8 Å². The average Bonchev–Trinajstić information content (AvgIpc) is 4.13. The van der Waals surface area contributed by atoms with Gasteiger partial charge in [-0.25, -0.2) is 0 Å². The molecule has 1 radical (unpaired) electrons. The monoisotopic (exact) mass is 963 g/mol. The van der Waals surface area contributed by atoms with Crippen LogP contribution in [0, 0.1) is 0 Å². The highest BCUT2D eigenvalue weighted by Crippen LogP contribution is 2.46. The highest BCUT2D eigenvalue weighted by atomic mass is 32.1. The second kappa shape index (κ2) is 16.1. The van der Waals surface area contributed by atoms with Crippen LogP contribution in [-0.4, -0.2) is 11.8 Å². The molecular formula is C66H52BN2OS2. The molecule has 5 heterocycles. The first-order valence-corrected chi connectivity index (χ1v) is 26.9. The van der Waals surface area contributed by atoms with E-state index in [1.165, 1.54) is 101 Å². The third-order valence-electron chi connectivity index (χ3n) is 15.4. The van der Waals surface area contributed by atoms with Gasteiger partial charge in [0.25, 0.3) is 0 Å². The van der Waals surface area contributed by atoms with Gasteiger partial charge >= 0.3 is 0 Å². The topological polar surface area (TPSA) is 30.1 Å². The molecule has 0 spiro atoms. The second-order valence-electron chi connectivity index (χ2n) is 22.0. The van der Waals surface area contributed by atoms with E-state index in [1.807, 2.05) is 22.7 Å². The third-order valence-corrected chi connectivity index (χ3v) is 17.6. The van der Waals surface area contributed by atoms with Crippen LogP contribution in [0.25, 0.3) is 89.9 Å². The summed E-state index contributed by atoms with van der Waals surface area (Å²) in [5.74, 6) is 0.258. The zero-order chi connectivity index (χ0) is 48.6. The number of fused-ring (bicyclic) bond motifs is 13. The van der Waals surface area contributed by atoms with Gasteiger partial charge in [-0.05, 0) is 117 Å². The SMILES string of the molecule is CC(C)(C)c1ccc(Nc2cc3c(cc2-c2ccc4c5cc6sc7ccccc7c6cc5n5c4c2[B]c2oc4ccc(C(C)(C)C)cc4c2-5)sc2cc(CC(c4ccccc4)c4ccccc4)ccc23)cc1. The van der Waals surface area contributed by atoms with E-state index in [1.54, 1.807) is 0 Å². The maximum absolute atomic E-state index is 6.98. The van der Waals surface area contributed by atoms with Crippen LogP contribution in [0.2, 0.25) is 0 Å². The number of hydrogen-bond acceptors (Lipinski definition) is 4. The summed E-state index contributed by atoms with van der Waals surface area (Å²) in [5.41, 5.74) is 17.6. The summed E-state index contributed by atoms with van der Waals surface area (Å²) in [6.07, 6.45) is 0.920. The molecule has 0 bridgehead atoms. The fraction of sp³-hybridized carbons (Fsp3) is 0.152. The van der Waals surface area contributed by atoms with Crippen LogP contribution in [0.15, 0.2) is 186 Å². The van der Waals surface area contributed by atoms with Crippen molar-refractivity contribution in [1.29, 1.82) is 0 Å². The maximum atomic E-state index is 6.98. The molecule has 0 amide bonds. The van der Waals surface area contributed by atoms with Gasteiger partial charge in [-0.1, -0.05) is 163 Å². The minimum absolute atomic E-state index is 0.0202. The molecule has 0 aliphatic carbocycles. The van der Waals surface area contributed by atoms with Crippen LogP contribution >= 0.6 is 22.7 Å². The van der Waals surface area contributed by atoms with E-state index < -0.39 is 0 Å². The van der Waals surface area contributed by atoms with Gasteiger partial charge in [0.15, 0.2) is 0 Å². The lowest BCUT2D eigenvalue weighted by Gasteiger charge is -2.22. The van der Waals surface area contributed by atoms with Crippen molar-refractivity contribution in [3.05, 3.63) is 210 Å². The third kappa shape index (κ3) is 6.98. The van der Waals surface area contributed by atoms with Crippen molar-refractivity contribution in [2.75, 3.05) is 5.32 Å². The number of anilines is 2. The number of hydrogen-bond donors (Lipinski definition) is 1. The normalized spacial score (nSPS) is 12.9. The summed E-state index contributed by atoms with van der Waals surface area (Å²) < 4.78 is 14.7. The molecule has 1 aliphatic rings. The van der Waals surface area contributed by atoms with Crippen molar-refractivity contribution in [2.24, 2.45) is 0 Å². The van der Waals surface area contributed by atoms with Crippen molar-refractivity contribution in [1.82, 2.24) is 4.57 Å². The summed E-state index contributed by atoms with van der Waals surface area (Å²) in [5, 5.41) is 12.8. The molecule has 347 valence electrons. The number of nitrogens with one attached hydrogen (secondary N) is 1. The largest absolute Gasteiger partial charge is 0.469 e. The van der Waals surface area contributed by atoms with Crippen LogP contribution in [-0.2, 0) is 17.3 Å². The summed E-state index contributed by atoms with van der Waals surface area (Å²) in [6, 6.07) is 68.2. The molecule has 1 N–H and O–H groups in total. The van der Waals surface area contributed by atoms with Crippen molar-refractivity contribution < 1.29 is 4.42 Å². The summed E-state index contributed by atoms with van der Waals surface area (Å²) in [6.45, 7) is 13.7. The number of benzene rings is 9. The molecular weight excluding hydrogens is 912 g/mol. The van der Waals surface area contributed by atoms with Crippen LogP contribution in [0.1, 0.15) is 75.3 Å². The van der Waals surface area contributed by atoms with E-state index in [-0.39, 0.29) is 16.7 Å². The summed E-state index contributed by atoms with van der Waals surface area (Å²) >= 11 is 3.78. The number of aromatic nitrogens is 1. The molecule has 0 atom stereocenters. The van der Waals surface area contributed by atoms with Gasteiger partial charge in [0.2, 0.25) is 7.28 Å². The van der Waals surface area contributed by atoms with Crippen LogP contribution in [0.4, 0.5) is 11.4 Å². The van der Waals surface area contributed by atoms with E-state index in [2.05, 4.69) is 241 Å². The molecule has 13 aromatic rings. The Labute approximate surface area is 428 Å². The lowest BCUT2D eigenvalue weighted by molar-refractivity contribution is 0.590. The molecule has 3 nitrogen and oxygen atoms in total. The van der Waals surface area contributed by atoms with E-state index in [4.69, 9.17) is 4.42 Å². The summed E-state index contributed by atoms with van der Waals surface area (Å²) in [4.78, 5) is 0. The maximum Gasteiger partial charge on any atom is 0.247 e. The number of rotatable bonds is 7. The predicted octanol–water partition coefficient (Wildman–Crippen LogP) is 17.6. The van der Waals surface area contributed by atoms with Gasteiger partial charge in [-0.2, -0.15) is 0 Å². The number of furan rings is 1. The highest BCUT2D eigenvalue weighted by molar-refractivity contribution is 7.26. The summed E-state index contributed by atoms with van der Waals surface area (Å²) in [7, 11) is 2.33. The van der Waals surface area contributed by atoms with E-state index in [0.29, 0.717) is 0 Å². The molecule has 0 fully saturated rings. The smallest absolute Gasteiger partial charge is 0.247 e. The van der Waals surface area contributed by atoms with E-state index >= 15 is 0 Å². The number of thiophene rings is 2. The Morgan fingerprint density at radius 2 is 1.15 bits per heavy atom. The Balaban J connectivity index is 0.990. The van der Waals surface area contributed by atoms with E-state index in [0.717, 1.165) is 45.7 Å². The fourth-order valence-corrected chi connectivity index (χ4v) is 13.9. The minimum Gasteiger partial charge on any atom is -0.469 e. The zero-order valence-electron chi connectivity index (χ0n) is 41.4. The Morgan fingerprint density at radius 3 is 1.90 bits per heavy atom. The van der Waals surface area contributed by atoms with Gasteiger partial charge in [-0.3, -0.25) is 0 Å². The van der Waals surface area contributed by atoms with Crippen LogP contribution in [0.5, 0.6) is 0 Å². The zero-order valence-corrected chi connectivity index (χ0v) is 43.0. The Morgan fingerprint density at radius 1 is 0.514 bits per heavy atom. The Hall–Kier alpha value is -7.38. The van der Waals surface area contributed by atoms with Crippen molar-refractivity contribution >= 4 is 126 Å². The highest BCUT2D eigenvalue weighted by Gasteiger charge is 2.32. The molecule has 6 heteroatoms. The lowest BCUT2D eigenvalue weighted by Crippen LogP contribution is -2.36. The molecule has 1 aliphatic heterocycles. The van der Waals surface area contributed by atoms with Gasteiger partial charge in [0.05, 0.1) is 16.9 Å². The second-order valence-corrected chi connectivity index (χ2v) is 24.2. The minimum atomic E-state index is -0.0202. The van der Waals surface area contributed by atoms with Gasteiger partial charge in [-0.15, -0.1) is 22.7 Å². The fourth-order valence-electron chi connectivity index (χ4n) is 11.6. The van der Waals surface area contributed by atoms with Gasteiger partial charge in [0, 0.05) is 84.9 Å². The molecule has 9 aromatic carbocycles. The molecule has 72 heavy (non-hydrogen) atoms. The van der Waals surface area contributed by atoms with Crippen molar-refractivity contribution in [2.45, 2.75) is 64.7 Å². The molecule has 0 saturated carbocycles. The Kier molecular flexibility index (Phi) is 9.69. The quantitative estimate of drug-likeness (QED) is 0.161. The molecule has 14 rings (SSSR count). The lowest BCUT2D eigenvalue weighted by atomic mass is 9.62. The number of nitrogens with zero attached hydrogens (tertiary/aromatic N) is 1. The van der Waals surface area contributed by atoms with E-state index in [9.17, 15) is 0 Å². The standard InChI is InChI=1S/C66H52BN2OS2/c1-65(2,3)41-22-25-43(26-23-41)68-54-34-51-45-27-21-38(31-48(39-15-9-7-10-16-39)40-17-11-8-12-18-40)32-58(45)72-59(51)36-49(54)46-28-29-47-50-37-60-52(44-19-13-14-20-57(44)71-60)35-55(50)69-62(47)61(46)67-64-63(69)53-33-42(66(4,5)6)24-30-56(53)70-64/h7-30,32-37,48,68H,31H2,1-6H3. The predicted molar refractivity (Wildman–Crippen MR) is 312 cm³/mol. The molecule has 0 saturated heterocycles. The Bertz CT molecular complexity index is 4270. The first-order chi connectivity index (χ1) is 34.9. The molecule has 4 aromatic heterocycles. The average molecular weight is 964 g/mol. The van der Waals surface area contributed by atoms with Gasteiger partial charge < -0.3 is 14.3 Å². The van der Waals surface area contributed by atoms with Gasteiger partial charge in [0.1, 0.15) is 5.58 Å². The van der Waals surface area contributed by atoms with Crippen molar-refractivity contribution in [3.63, 3.8) is 0 Å². The molecule has 0 unspecified atom stereocenters.